The third-order valence-corrected chi connectivity index (χ3v) is 16.9. The smallest absolute Gasteiger partial charge is 0.324 e. The maximum Gasteiger partial charge on any atom is 0.324 e. The van der Waals surface area contributed by atoms with Gasteiger partial charge in [0.15, 0.2) is 12.4 Å². The summed E-state index contributed by atoms with van der Waals surface area (Å²) in [6.45, 7) is 5.75. The van der Waals surface area contributed by atoms with Gasteiger partial charge in [-0.15, -0.1) is 0 Å². The minimum absolute atomic E-state index is 0.0896. The number of nitrogens with one attached hydrogen (secondary N) is 1. The first-order chi connectivity index (χ1) is 35.9. The third-order valence-electron chi connectivity index (χ3n) is 14.4. The van der Waals surface area contributed by atoms with E-state index in [1.165, 1.54) is 89.9 Å². The highest BCUT2D eigenvalue weighted by Crippen LogP contribution is 2.48. The zero-order chi connectivity index (χ0) is 53.7. The fourth-order valence-electron chi connectivity index (χ4n) is 9.83. The Kier molecular flexibility index (Phi) is 34.5. The van der Waals surface area contributed by atoms with Crippen molar-refractivity contribution in [1.82, 2.24) is 5.32 Å². The van der Waals surface area contributed by atoms with Crippen molar-refractivity contribution in [1.29, 1.82) is 0 Å². The van der Waals surface area contributed by atoms with Crippen LogP contribution in [0.3, 0.4) is 0 Å². The standard InChI is InChI=1S/C60H98F2NO10P/c1-4-7-10-13-16-19-21-23-26-29-38-45-53(65)70-49(40-33-28-25-22-18-15-12-9-6-3)47-54(66)72-57-55(63-59(68)60(61,62)46-39-30-27-24-20-17-14-11-8-5-2)58(67)71-52(48-64)56(57)73-74(69,50-41-34-31-35-42-50)51-43-36-32-37-44-51/h31-32,34-37,41-44,49,52,55-58,64,67H,4-30,33,38-40,45-48H2,1-3H3,(H,63,68)/t49-,52-,55-,56-,57-,58?/m1/s1. The van der Waals surface area contributed by atoms with Crippen LogP contribution >= 0.6 is 7.37 Å². The second kappa shape index (κ2) is 39.2. The maximum atomic E-state index is 15.8. The molecule has 11 nitrogen and oxygen atoms in total. The summed E-state index contributed by atoms with van der Waals surface area (Å²) in [5.41, 5.74) is 0. The first kappa shape index (κ1) is 65.1. The SMILES string of the molecule is CCCCCCCCCCCCCC(=O)O[C@H](CCCCCCCCCCC)CC(=O)O[C@H]1[C@H](OP(=O)(c2ccccc2)c2ccccc2)[C@@H](CO)OC(O)[C@@H]1NC(=O)C(F)(F)CCCCCCCCCCCC. The van der Waals surface area contributed by atoms with Crippen LogP contribution in [-0.2, 0) is 37.7 Å². The van der Waals surface area contributed by atoms with Gasteiger partial charge in [-0.2, -0.15) is 8.78 Å². The average Bonchev–Trinajstić information content (AvgIpc) is 3.39. The van der Waals surface area contributed by atoms with Crippen molar-refractivity contribution in [2.45, 2.75) is 282 Å². The fraction of sp³-hybridized carbons (Fsp3) is 0.750. The van der Waals surface area contributed by atoms with E-state index in [1.54, 1.807) is 60.7 Å². The summed E-state index contributed by atoms with van der Waals surface area (Å²) in [4.78, 5) is 41.3. The quantitative estimate of drug-likeness (QED) is 0.0331. The Morgan fingerprint density at radius 3 is 1.47 bits per heavy atom. The van der Waals surface area contributed by atoms with E-state index in [0.29, 0.717) is 25.7 Å². The van der Waals surface area contributed by atoms with Crippen LogP contribution in [0.2, 0.25) is 0 Å². The number of amides is 1. The van der Waals surface area contributed by atoms with Crippen molar-refractivity contribution in [3.8, 4) is 0 Å². The van der Waals surface area contributed by atoms with Gasteiger partial charge in [0.1, 0.15) is 24.4 Å². The molecule has 0 radical (unpaired) electrons. The molecule has 2 aromatic carbocycles. The third kappa shape index (κ3) is 25.7. The van der Waals surface area contributed by atoms with Gasteiger partial charge in [0.2, 0.25) is 0 Å². The van der Waals surface area contributed by atoms with Gasteiger partial charge in [0, 0.05) is 23.5 Å². The van der Waals surface area contributed by atoms with E-state index < -0.39 is 87.3 Å². The normalized spacial score (nSPS) is 18.5. The molecule has 1 unspecified atom stereocenters. The van der Waals surface area contributed by atoms with Crippen LogP contribution in [0.5, 0.6) is 0 Å². The van der Waals surface area contributed by atoms with Crippen LogP contribution in [-0.4, -0.2) is 77.3 Å². The summed E-state index contributed by atoms with van der Waals surface area (Å²) in [5.74, 6) is -6.94. The molecular formula is C60H98F2NO10P. The van der Waals surface area contributed by atoms with E-state index in [2.05, 4.69) is 26.1 Å². The van der Waals surface area contributed by atoms with Crippen molar-refractivity contribution in [2.24, 2.45) is 0 Å². The van der Waals surface area contributed by atoms with Crippen LogP contribution in [0.25, 0.3) is 0 Å². The lowest BCUT2D eigenvalue weighted by molar-refractivity contribution is -0.254. The van der Waals surface area contributed by atoms with Crippen molar-refractivity contribution in [3.05, 3.63) is 60.7 Å². The zero-order valence-electron chi connectivity index (χ0n) is 45.8. The molecule has 1 heterocycles. The number of hydrogen-bond acceptors (Lipinski definition) is 10. The number of ether oxygens (including phenoxy) is 3. The van der Waals surface area contributed by atoms with E-state index in [0.717, 1.165) is 77.0 Å². The maximum absolute atomic E-state index is 15.8. The molecule has 1 fully saturated rings. The molecule has 1 amide bonds. The van der Waals surface area contributed by atoms with E-state index in [-0.39, 0.29) is 23.5 Å². The summed E-state index contributed by atoms with van der Waals surface area (Å²) in [5, 5.41) is 24.9. The monoisotopic (exact) mass is 1060 g/mol. The Balaban J connectivity index is 1.84. The Morgan fingerprint density at radius 1 is 0.608 bits per heavy atom. The Morgan fingerprint density at radius 2 is 1.03 bits per heavy atom. The average molecular weight is 1060 g/mol. The molecule has 3 rings (SSSR count). The van der Waals surface area contributed by atoms with Crippen LogP contribution in [0, 0.1) is 0 Å². The topological polar surface area (TPSA) is 158 Å². The van der Waals surface area contributed by atoms with Crippen molar-refractivity contribution >= 4 is 35.8 Å². The van der Waals surface area contributed by atoms with Crippen LogP contribution < -0.4 is 15.9 Å². The molecule has 2 aromatic rings. The van der Waals surface area contributed by atoms with Crippen molar-refractivity contribution in [2.75, 3.05) is 6.61 Å². The molecule has 422 valence electrons. The summed E-state index contributed by atoms with van der Waals surface area (Å²) in [7, 11) is -4.17. The second-order valence-electron chi connectivity index (χ2n) is 20.8. The molecule has 1 aliphatic heterocycles. The molecular weight excluding hydrogens is 964 g/mol. The molecule has 6 atom stereocenters. The molecule has 0 saturated carbocycles. The minimum atomic E-state index is -4.17. The Bertz CT molecular complexity index is 1760. The molecule has 0 spiro atoms. The number of unbranched alkanes of at least 4 members (excludes halogenated alkanes) is 27. The molecule has 14 heteroatoms. The summed E-state index contributed by atoms with van der Waals surface area (Å²) in [6.07, 6.45) is 22.6. The van der Waals surface area contributed by atoms with Gasteiger partial charge in [-0.05, 0) is 49.9 Å². The Labute approximate surface area is 445 Å². The number of alkyl halides is 2. The first-order valence-corrected chi connectivity index (χ1v) is 30.9. The number of rotatable bonds is 44. The van der Waals surface area contributed by atoms with E-state index in [9.17, 15) is 24.6 Å². The molecule has 0 aromatic heterocycles. The molecule has 0 aliphatic carbocycles. The van der Waals surface area contributed by atoms with Gasteiger partial charge in [0.25, 0.3) is 13.3 Å². The zero-order valence-corrected chi connectivity index (χ0v) is 46.7. The van der Waals surface area contributed by atoms with Gasteiger partial charge in [0.05, 0.1) is 13.0 Å². The summed E-state index contributed by atoms with van der Waals surface area (Å²) in [6, 6.07) is 14.7. The number of esters is 2. The minimum Gasteiger partial charge on any atom is -0.462 e. The molecule has 1 saturated heterocycles. The number of hydrogen-bond donors (Lipinski definition) is 3. The number of carbonyl (C=O) groups excluding carboxylic acids is 3. The predicted molar refractivity (Wildman–Crippen MR) is 293 cm³/mol. The largest absolute Gasteiger partial charge is 0.462 e. The Hall–Kier alpha value is -3.22. The highest BCUT2D eigenvalue weighted by atomic mass is 31.2. The van der Waals surface area contributed by atoms with Gasteiger partial charge in [-0.3, -0.25) is 18.9 Å². The number of benzene rings is 2. The summed E-state index contributed by atoms with van der Waals surface area (Å²) >= 11 is 0. The van der Waals surface area contributed by atoms with Crippen molar-refractivity contribution in [3.63, 3.8) is 0 Å². The first-order valence-electron chi connectivity index (χ1n) is 29.3. The van der Waals surface area contributed by atoms with E-state index in [1.807, 2.05) is 0 Å². The van der Waals surface area contributed by atoms with Crippen LogP contribution in [0.4, 0.5) is 8.78 Å². The number of aliphatic hydroxyl groups is 2. The number of carbonyl (C=O) groups is 3. The second-order valence-corrected chi connectivity index (χ2v) is 23.2. The molecule has 3 N–H and O–H groups in total. The van der Waals surface area contributed by atoms with Crippen LogP contribution in [0.15, 0.2) is 60.7 Å². The molecule has 1 aliphatic rings. The van der Waals surface area contributed by atoms with Gasteiger partial charge >= 0.3 is 17.9 Å². The molecule has 74 heavy (non-hydrogen) atoms. The van der Waals surface area contributed by atoms with E-state index in [4.69, 9.17) is 18.7 Å². The van der Waals surface area contributed by atoms with E-state index >= 15 is 13.3 Å². The highest BCUT2D eigenvalue weighted by molar-refractivity contribution is 7.74. The molecule has 0 bridgehead atoms. The lowest BCUT2D eigenvalue weighted by Gasteiger charge is -2.45. The lowest BCUT2D eigenvalue weighted by Crippen LogP contribution is -2.67. The van der Waals surface area contributed by atoms with Gasteiger partial charge in [-0.25, -0.2) is 0 Å². The lowest BCUT2D eigenvalue weighted by atomic mass is 9.96. The number of halogens is 2. The highest BCUT2D eigenvalue weighted by Gasteiger charge is 2.53. The predicted octanol–water partition coefficient (Wildman–Crippen LogP) is 14.3. The number of aliphatic hydroxyl groups excluding tert-OH is 2. The van der Waals surface area contributed by atoms with Gasteiger partial charge in [-0.1, -0.05) is 231 Å². The van der Waals surface area contributed by atoms with Gasteiger partial charge < -0.3 is 34.3 Å². The summed E-state index contributed by atoms with van der Waals surface area (Å²) < 4.78 is 71.3. The van der Waals surface area contributed by atoms with Crippen molar-refractivity contribution < 1.29 is 56.7 Å². The fourth-order valence-corrected chi connectivity index (χ4v) is 12.1. The van der Waals surface area contributed by atoms with Crippen LogP contribution in [0.1, 0.15) is 239 Å².